The minimum Gasteiger partial charge on any atom is -0.497 e. The lowest BCUT2D eigenvalue weighted by Crippen LogP contribution is -2.54. The highest BCUT2D eigenvalue weighted by molar-refractivity contribution is 6.35. The van der Waals surface area contributed by atoms with E-state index in [1.165, 1.54) is 70.3 Å². The Bertz CT molecular complexity index is 3070. The maximum atomic E-state index is 14.7. The Hall–Kier alpha value is -7.61. The first-order valence-electron chi connectivity index (χ1n) is 30.0. The molecular formula is C63H87ClN8O17. The predicted octanol–water partition coefficient (Wildman–Crippen LogP) is 5.05. The van der Waals surface area contributed by atoms with Gasteiger partial charge in [-0.3, -0.25) is 43.3 Å². The number of epoxide rings is 1. The molecule has 0 saturated carbocycles. The van der Waals surface area contributed by atoms with E-state index in [1.807, 2.05) is 13.0 Å². The number of fused-ring (bicyclic) bond motifs is 5. The zero-order chi connectivity index (χ0) is 65.8. The van der Waals surface area contributed by atoms with Gasteiger partial charge < -0.3 is 70.3 Å². The number of urea groups is 1. The van der Waals surface area contributed by atoms with Crippen LogP contribution in [0.2, 0.25) is 5.02 Å². The number of carbonyl (C=O) groups excluding carboxylic acids is 10. The fourth-order valence-electron chi connectivity index (χ4n) is 11.4. The number of methoxy groups -OCH3 is 3. The molecule has 26 heteroatoms. The van der Waals surface area contributed by atoms with Crippen LogP contribution in [-0.2, 0) is 63.7 Å². The number of ether oxygens (including phenoxy) is 6. The maximum Gasteiger partial charge on any atom is 0.328 e. The van der Waals surface area contributed by atoms with Gasteiger partial charge in [0.1, 0.15) is 64.2 Å². The number of benzene rings is 2. The van der Waals surface area contributed by atoms with Crippen molar-refractivity contribution in [3.63, 3.8) is 0 Å². The highest BCUT2D eigenvalue weighted by atomic mass is 35.5. The summed E-state index contributed by atoms with van der Waals surface area (Å²) in [6.07, 6.45) is 2.54. The van der Waals surface area contributed by atoms with E-state index in [0.29, 0.717) is 37.1 Å². The Balaban J connectivity index is 1.22. The van der Waals surface area contributed by atoms with Gasteiger partial charge in [-0.25, -0.2) is 9.59 Å². The number of primary amides is 1. The third-order valence-electron chi connectivity index (χ3n) is 17.0. The van der Waals surface area contributed by atoms with Crippen LogP contribution in [0.3, 0.4) is 0 Å². The highest BCUT2D eigenvalue weighted by Crippen LogP contribution is 2.50. The van der Waals surface area contributed by atoms with Crippen LogP contribution in [0.15, 0.2) is 54.1 Å². The van der Waals surface area contributed by atoms with E-state index in [0.717, 1.165) is 16.0 Å². The van der Waals surface area contributed by atoms with Crippen molar-refractivity contribution < 1.29 is 81.5 Å². The van der Waals surface area contributed by atoms with Gasteiger partial charge in [-0.05, 0) is 88.6 Å². The molecule has 89 heavy (non-hydrogen) atoms. The molecule has 4 aliphatic heterocycles. The topological polar surface area (TPSA) is 333 Å². The molecule has 6 rings (SSSR count). The zero-order valence-corrected chi connectivity index (χ0v) is 53.6. The molecule has 0 aliphatic carbocycles. The van der Waals surface area contributed by atoms with Crippen molar-refractivity contribution in [1.82, 2.24) is 25.8 Å². The normalized spacial score (nSPS) is 25.7. The van der Waals surface area contributed by atoms with Gasteiger partial charge in [0.2, 0.25) is 35.4 Å². The van der Waals surface area contributed by atoms with E-state index in [-0.39, 0.29) is 91.4 Å². The first-order chi connectivity index (χ1) is 42.0. The van der Waals surface area contributed by atoms with Crippen LogP contribution in [0.1, 0.15) is 129 Å². The molecule has 488 valence electrons. The number of hydrogen-bond acceptors (Lipinski definition) is 17. The van der Waals surface area contributed by atoms with E-state index < -0.39 is 120 Å². The standard InChI is InChI=1S/C63H87ClN8O17/c1-34(2)54(69-49(73)21-14-13-15-25-72-51(75)27-36(4)58(72)79)57(78)67-42(19-17-24-66-61(65)82)56(77)68-43-30-40(84-10)22-23-41(43)59(80)70(8)38(6)60(81)88-48-31-50(74)71(9)44-28-39(29-45(85-11)53(44)64)26-35(3)18-16-20-47(86-12)63(83)32-46(87-52(76)33-63)37(5)55-62(48,7)89-55/h16,18,20,22-23,28-30,34,36-38,42,46-48,54-55,83H,13-15,17,19,21,24-27,31-33H2,1-12H3,(H,67,78)(H,68,77)(H,69,73)(H3,65,66,82)/b20-16+,35-18+/t36?,37-,38+,42+,46+,47-,48+,54+,55+,62+,63-/m1/s1. The molecule has 11 atom stereocenters. The summed E-state index contributed by atoms with van der Waals surface area (Å²) in [6, 6.07) is 3.09. The molecule has 25 nitrogen and oxygen atoms in total. The summed E-state index contributed by atoms with van der Waals surface area (Å²) in [7, 11) is 7.10. The molecule has 3 saturated heterocycles. The number of esters is 2. The van der Waals surface area contributed by atoms with Crippen LogP contribution in [0.5, 0.6) is 11.5 Å². The van der Waals surface area contributed by atoms with E-state index in [9.17, 15) is 53.1 Å². The minimum atomic E-state index is -1.69. The lowest BCUT2D eigenvalue weighted by Gasteiger charge is -2.41. The fourth-order valence-corrected chi connectivity index (χ4v) is 11.7. The maximum absolute atomic E-state index is 14.7. The van der Waals surface area contributed by atoms with Crippen LogP contribution < -0.4 is 41.4 Å². The molecule has 4 heterocycles. The summed E-state index contributed by atoms with van der Waals surface area (Å²) in [5, 5.41) is 22.9. The predicted molar refractivity (Wildman–Crippen MR) is 327 cm³/mol. The number of rotatable bonds is 23. The lowest BCUT2D eigenvalue weighted by atomic mass is 9.78. The summed E-state index contributed by atoms with van der Waals surface area (Å²) < 4.78 is 35.4. The van der Waals surface area contributed by atoms with E-state index in [2.05, 4.69) is 21.3 Å². The SMILES string of the molecule is COc1ccc(C(=O)N(C)[C@@H](C)C(=O)O[C@H]2CC(=O)N(C)c3cc(cc(OC)c3Cl)C/C(C)=C/C=C/[C@@H](OC)[C@]3(O)CC(=O)O[C@@H](C3)[C@@H](C)[C@@H]3O[C@@]23C)c(NC(=O)[C@H](CCCNC(N)=O)NC(=O)[C@@H](NC(=O)CCCCCN2C(=O)CC(C)C2=O)C(C)C)c1. The van der Waals surface area contributed by atoms with Gasteiger partial charge in [0, 0.05) is 71.5 Å². The Labute approximate surface area is 524 Å². The average molecular weight is 1260 g/mol. The number of likely N-dealkylation sites (tertiary alicyclic amines) is 1. The number of carbonyl (C=O) groups is 10. The van der Waals surface area contributed by atoms with Gasteiger partial charge >= 0.3 is 18.0 Å². The van der Waals surface area contributed by atoms with Crippen molar-refractivity contribution in [2.75, 3.05) is 58.7 Å². The number of allylic oxidation sites excluding steroid dienone is 3. The number of likely N-dealkylation sites (N-methyl/N-ethyl adjacent to an activating group) is 1. The van der Waals surface area contributed by atoms with Gasteiger partial charge in [0.25, 0.3) is 5.91 Å². The smallest absolute Gasteiger partial charge is 0.328 e. The second-order valence-corrected chi connectivity index (χ2v) is 24.5. The zero-order valence-electron chi connectivity index (χ0n) is 52.9. The number of anilines is 2. The van der Waals surface area contributed by atoms with Gasteiger partial charge in [0.05, 0.1) is 50.1 Å². The number of unbranched alkanes of at least 4 members (excludes halogenated alkanes) is 2. The van der Waals surface area contributed by atoms with Crippen molar-refractivity contribution in [2.24, 2.45) is 23.5 Å². The minimum absolute atomic E-state index is 0.0273. The third-order valence-corrected chi connectivity index (χ3v) is 17.4. The quantitative estimate of drug-likeness (QED) is 0.0367. The summed E-state index contributed by atoms with van der Waals surface area (Å²) in [4.78, 5) is 139. The van der Waals surface area contributed by atoms with Crippen LogP contribution in [0.4, 0.5) is 16.2 Å². The van der Waals surface area contributed by atoms with Crippen LogP contribution >= 0.6 is 11.6 Å². The third kappa shape index (κ3) is 17.6. The highest BCUT2D eigenvalue weighted by Gasteiger charge is 2.64. The van der Waals surface area contributed by atoms with Gasteiger partial charge in [-0.15, -0.1) is 0 Å². The molecule has 2 aromatic carbocycles. The van der Waals surface area contributed by atoms with Crippen LogP contribution in [0, 0.1) is 17.8 Å². The summed E-state index contributed by atoms with van der Waals surface area (Å²) in [6.45, 7) is 12.1. The molecule has 9 amide bonds. The lowest BCUT2D eigenvalue weighted by molar-refractivity contribution is -0.187. The van der Waals surface area contributed by atoms with Crippen molar-refractivity contribution in [3.8, 4) is 11.5 Å². The van der Waals surface area contributed by atoms with Crippen molar-refractivity contribution in [2.45, 2.75) is 173 Å². The number of aliphatic hydroxyl groups is 1. The van der Waals surface area contributed by atoms with E-state index in [4.69, 9.17) is 45.8 Å². The largest absolute Gasteiger partial charge is 0.497 e. The Kier molecular flexibility index (Phi) is 24.3. The number of halogens is 1. The number of nitrogens with one attached hydrogen (secondary N) is 4. The summed E-state index contributed by atoms with van der Waals surface area (Å²) in [5.41, 5.74) is 3.92. The average Bonchev–Trinajstić information content (AvgIpc) is 1.62. The second kappa shape index (κ2) is 30.7. The monoisotopic (exact) mass is 1260 g/mol. The summed E-state index contributed by atoms with van der Waals surface area (Å²) in [5.74, 6) is -6.25. The molecule has 1 unspecified atom stereocenters. The molecule has 0 aromatic heterocycles. The number of amides is 9. The molecule has 2 aromatic rings. The first kappa shape index (κ1) is 70.5. The first-order valence-corrected chi connectivity index (χ1v) is 30.4. The molecule has 7 N–H and O–H groups in total. The van der Waals surface area contributed by atoms with Gasteiger partial charge in [-0.1, -0.05) is 69.5 Å². The van der Waals surface area contributed by atoms with E-state index >= 15 is 0 Å². The van der Waals surface area contributed by atoms with E-state index in [1.54, 1.807) is 58.9 Å². The number of hydrogen-bond donors (Lipinski definition) is 6. The molecule has 4 bridgehead atoms. The van der Waals surface area contributed by atoms with Gasteiger partial charge in [-0.2, -0.15) is 0 Å². The molecule has 3 fully saturated rings. The number of nitrogens with two attached hydrogens (primary N) is 1. The number of nitrogens with zero attached hydrogens (tertiary/aromatic N) is 3. The molecule has 4 aliphatic rings. The fraction of sp³-hybridized carbons (Fsp3) is 0.587. The van der Waals surface area contributed by atoms with Crippen molar-refractivity contribution >= 4 is 82.3 Å². The Morgan fingerprint density at radius 1 is 0.933 bits per heavy atom. The second-order valence-electron chi connectivity index (χ2n) is 24.1. The van der Waals surface area contributed by atoms with Crippen molar-refractivity contribution in [3.05, 3.63) is 70.3 Å². The Morgan fingerprint density at radius 2 is 1.65 bits per heavy atom. The number of imide groups is 1. The van der Waals surface area contributed by atoms with Crippen LogP contribution in [-0.4, -0.2) is 176 Å². The van der Waals surface area contributed by atoms with Gasteiger partial charge in [0.15, 0.2) is 0 Å². The Morgan fingerprint density at radius 3 is 2.29 bits per heavy atom. The summed E-state index contributed by atoms with van der Waals surface area (Å²) >= 11 is 6.88. The molecule has 0 radical (unpaired) electrons. The van der Waals surface area contributed by atoms with Crippen molar-refractivity contribution in [1.29, 1.82) is 0 Å². The molecular weight excluding hydrogens is 1180 g/mol. The van der Waals surface area contributed by atoms with Crippen LogP contribution in [0.25, 0.3) is 0 Å². The molecule has 0 spiro atoms.